The molecule has 7 heteroatoms. The molecule has 0 saturated carbocycles. The van der Waals surface area contributed by atoms with Crippen LogP contribution < -0.4 is 0 Å². The number of carboxylic acid groups (broad SMARTS) is 1. The van der Waals surface area contributed by atoms with Gasteiger partial charge in [-0.2, -0.15) is 0 Å². The molecule has 2 unspecified atom stereocenters. The molecule has 0 radical (unpaired) electrons. The molecule has 2 atom stereocenters. The first kappa shape index (κ1) is 16.4. The third-order valence-corrected chi connectivity index (χ3v) is 4.21. The van der Waals surface area contributed by atoms with Crippen molar-refractivity contribution in [3.8, 4) is 0 Å². The van der Waals surface area contributed by atoms with Gasteiger partial charge in [-0.05, 0) is 17.2 Å². The first-order chi connectivity index (χ1) is 10.4. The molecular formula is C15H14FO5P. The maximum atomic E-state index is 13.5. The second kappa shape index (κ2) is 6.83. The van der Waals surface area contributed by atoms with E-state index in [-0.39, 0.29) is 11.1 Å². The van der Waals surface area contributed by atoms with E-state index in [9.17, 15) is 23.7 Å². The molecule has 0 aliphatic rings. The predicted molar refractivity (Wildman–Crippen MR) is 77.8 cm³/mol. The Labute approximate surface area is 126 Å². The van der Waals surface area contributed by atoms with Crippen LogP contribution in [0.2, 0.25) is 0 Å². The number of hydrogen-bond acceptors (Lipinski definition) is 3. The van der Waals surface area contributed by atoms with Crippen LogP contribution in [0.5, 0.6) is 0 Å². The molecule has 116 valence electrons. The lowest BCUT2D eigenvalue weighted by Gasteiger charge is -2.18. The average Bonchev–Trinajstić information content (AvgIpc) is 2.48. The maximum Gasteiger partial charge on any atom is 0.338 e. The number of aliphatic carboxylic acids is 1. The highest BCUT2D eigenvalue weighted by molar-refractivity contribution is 7.52. The molecule has 2 N–H and O–H groups in total. The minimum absolute atomic E-state index is 0.00877. The first-order valence-corrected chi connectivity index (χ1v) is 8.17. The van der Waals surface area contributed by atoms with Crippen LogP contribution in [0, 0.1) is 5.82 Å². The van der Waals surface area contributed by atoms with E-state index < -0.39 is 31.6 Å². The molecule has 2 aromatic carbocycles. The average molecular weight is 324 g/mol. The highest BCUT2D eigenvalue weighted by Gasteiger charge is 2.31. The SMILES string of the molecule is O=C(O)C(OP(=O)(O)Cc1ccccc1F)c1ccccc1. The number of halogens is 1. The molecule has 0 amide bonds. The summed E-state index contributed by atoms with van der Waals surface area (Å²) in [6.45, 7) is 0. The summed E-state index contributed by atoms with van der Waals surface area (Å²) < 4.78 is 30.6. The highest BCUT2D eigenvalue weighted by atomic mass is 31.2. The smallest absolute Gasteiger partial charge is 0.338 e. The number of rotatable bonds is 6. The Morgan fingerprint density at radius 3 is 2.32 bits per heavy atom. The van der Waals surface area contributed by atoms with Gasteiger partial charge in [0.2, 0.25) is 0 Å². The monoisotopic (exact) mass is 324 g/mol. The van der Waals surface area contributed by atoms with Crippen LogP contribution in [-0.4, -0.2) is 16.0 Å². The maximum absolute atomic E-state index is 13.5. The first-order valence-electron chi connectivity index (χ1n) is 6.40. The summed E-state index contributed by atoms with van der Waals surface area (Å²) in [7, 11) is -4.34. The molecule has 5 nitrogen and oxygen atoms in total. The Bertz CT molecular complexity index is 704. The molecule has 0 saturated heterocycles. The molecule has 0 fully saturated rings. The Balaban J connectivity index is 2.20. The summed E-state index contributed by atoms with van der Waals surface area (Å²) in [5.74, 6) is -2.04. The van der Waals surface area contributed by atoms with Crippen LogP contribution in [0.15, 0.2) is 54.6 Å². The minimum Gasteiger partial charge on any atom is -0.479 e. The lowest BCUT2D eigenvalue weighted by atomic mass is 10.1. The second-order valence-electron chi connectivity index (χ2n) is 4.62. The van der Waals surface area contributed by atoms with Crippen molar-refractivity contribution in [1.82, 2.24) is 0 Å². The molecule has 0 aliphatic heterocycles. The van der Waals surface area contributed by atoms with Gasteiger partial charge in [-0.15, -0.1) is 0 Å². The number of carboxylic acids is 1. The zero-order chi connectivity index (χ0) is 16.2. The van der Waals surface area contributed by atoms with Crippen LogP contribution in [0.1, 0.15) is 17.2 Å². The van der Waals surface area contributed by atoms with Crippen molar-refractivity contribution in [3.63, 3.8) is 0 Å². The van der Waals surface area contributed by atoms with Crippen molar-refractivity contribution >= 4 is 13.6 Å². The van der Waals surface area contributed by atoms with Gasteiger partial charge in [0.1, 0.15) is 5.82 Å². The van der Waals surface area contributed by atoms with Gasteiger partial charge in [0.25, 0.3) is 0 Å². The quantitative estimate of drug-likeness (QED) is 0.796. The number of carbonyl (C=O) groups is 1. The molecule has 22 heavy (non-hydrogen) atoms. The third-order valence-electron chi connectivity index (χ3n) is 2.92. The van der Waals surface area contributed by atoms with Gasteiger partial charge >= 0.3 is 13.6 Å². The Morgan fingerprint density at radius 2 is 1.73 bits per heavy atom. The fourth-order valence-corrected chi connectivity index (χ4v) is 3.22. The van der Waals surface area contributed by atoms with Gasteiger partial charge in [-0.3, -0.25) is 9.09 Å². The largest absolute Gasteiger partial charge is 0.479 e. The van der Waals surface area contributed by atoms with E-state index in [4.69, 9.17) is 4.52 Å². The standard InChI is InChI=1S/C15H14FO5P/c16-13-9-5-4-8-12(13)10-22(19,20)21-14(15(17)18)11-6-2-1-3-7-11/h1-9,14H,10H2,(H,17,18)(H,19,20). The molecule has 0 heterocycles. The second-order valence-corrected chi connectivity index (χ2v) is 6.42. The van der Waals surface area contributed by atoms with Crippen molar-refractivity contribution in [2.75, 3.05) is 0 Å². The van der Waals surface area contributed by atoms with Gasteiger partial charge in [0.15, 0.2) is 6.10 Å². The molecule has 0 aromatic heterocycles. The number of benzene rings is 2. The fourth-order valence-electron chi connectivity index (χ4n) is 1.92. The zero-order valence-corrected chi connectivity index (χ0v) is 12.3. The van der Waals surface area contributed by atoms with Crippen molar-refractivity contribution in [3.05, 3.63) is 71.5 Å². The van der Waals surface area contributed by atoms with Crippen LogP contribution in [0.25, 0.3) is 0 Å². The fraction of sp³-hybridized carbons (Fsp3) is 0.133. The Kier molecular flexibility index (Phi) is 5.08. The van der Waals surface area contributed by atoms with E-state index in [1.54, 1.807) is 18.2 Å². The van der Waals surface area contributed by atoms with Crippen LogP contribution >= 0.6 is 7.60 Å². The van der Waals surface area contributed by atoms with Crippen molar-refractivity contribution < 1.29 is 28.3 Å². The molecule has 2 aromatic rings. The van der Waals surface area contributed by atoms with Crippen molar-refractivity contribution in [2.45, 2.75) is 12.3 Å². The van der Waals surface area contributed by atoms with Crippen molar-refractivity contribution in [1.29, 1.82) is 0 Å². The highest BCUT2D eigenvalue weighted by Crippen LogP contribution is 2.50. The summed E-state index contributed by atoms with van der Waals surface area (Å²) in [5, 5.41) is 9.18. The van der Waals surface area contributed by atoms with Gasteiger partial charge < -0.3 is 10.00 Å². The van der Waals surface area contributed by atoms with E-state index in [0.717, 1.165) is 6.07 Å². The zero-order valence-electron chi connectivity index (χ0n) is 11.4. The minimum atomic E-state index is -4.34. The van der Waals surface area contributed by atoms with Crippen LogP contribution in [0.3, 0.4) is 0 Å². The lowest BCUT2D eigenvalue weighted by Crippen LogP contribution is -2.14. The summed E-state index contributed by atoms with van der Waals surface area (Å²) in [6, 6.07) is 13.3. The predicted octanol–water partition coefficient (Wildman–Crippen LogP) is 3.35. The summed E-state index contributed by atoms with van der Waals surface area (Å²) in [5.41, 5.74) is 0.225. The van der Waals surface area contributed by atoms with Gasteiger partial charge in [-0.25, -0.2) is 9.18 Å². The van der Waals surface area contributed by atoms with Crippen molar-refractivity contribution in [2.24, 2.45) is 0 Å². The van der Waals surface area contributed by atoms with Gasteiger partial charge in [0.05, 0.1) is 6.16 Å². The van der Waals surface area contributed by atoms with E-state index in [0.29, 0.717) is 0 Å². The van der Waals surface area contributed by atoms with Crippen LogP contribution in [-0.2, 0) is 20.0 Å². The third kappa shape index (κ3) is 4.24. The van der Waals surface area contributed by atoms with Gasteiger partial charge in [-0.1, -0.05) is 48.5 Å². The molecule has 0 bridgehead atoms. The van der Waals surface area contributed by atoms with E-state index in [1.165, 1.54) is 30.3 Å². The molecule has 0 aliphatic carbocycles. The Morgan fingerprint density at radius 1 is 1.14 bits per heavy atom. The molecule has 2 rings (SSSR count). The Hall–Kier alpha value is -2.01. The van der Waals surface area contributed by atoms with Crippen LogP contribution in [0.4, 0.5) is 4.39 Å². The normalized spacial score (nSPS) is 15.0. The lowest BCUT2D eigenvalue weighted by molar-refractivity contribution is -0.145. The topological polar surface area (TPSA) is 83.8 Å². The summed E-state index contributed by atoms with van der Waals surface area (Å²) in [6.07, 6.45) is -2.19. The molecule has 0 spiro atoms. The number of hydrogen-bond donors (Lipinski definition) is 2. The van der Waals surface area contributed by atoms with E-state index in [2.05, 4.69) is 0 Å². The van der Waals surface area contributed by atoms with Gasteiger partial charge in [0, 0.05) is 0 Å². The summed E-state index contributed by atoms with van der Waals surface area (Å²) >= 11 is 0. The van der Waals surface area contributed by atoms with E-state index >= 15 is 0 Å². The summed E-state index contributed by atoms with van der Waals surface area (Å²) in [4.78, 5) is 21.1. The van der Waals surface area contributed by atoms with E-state index in [1.807, 2.05) is 0 Å². The molecular weight excluding hydrogens is 310 g/mol.